The molecule has 2 rings (SSSR count). The quantitative estimate of drug-likeness (QED) is 0.909. The molecule has 1 N–H and O–H groups in total. The highest BCUT2D eigenvalue weighted by Gasteiger charge is 2.30. The molecule has 1 aliphatic heterocycles. The minimum atomic E-state index is -0.871. The van der Waals surface area contributed by atoms with Crippen LogP contribution in [0.1, 0.15) is 17.5 Å². The fraction of sp³-hybridized carbons (Fsp3) is 0.429. The Labute approximate surface area is 111 Å². The van der Waals surface area contributed by atoms with Gasteiger partial charge in [0, 0.05) is 12.5 Å². The van der Waals surface area contributed by atoms with Gasteiger partial charge in [0.05, 0.1) is 18.7 Å². The highest BCUT2D eigenvalue weighted by molar-refractivity contribution is 5.89. The van der Waals surface area contributed by atoms with Crippen molar-refractivity contribution in [3.05, 3.63) is 29.3 Å². The van der Waals surface area contributed by atoms with Crippen LogP contribution in [0.25, 0.3) is 0 Å². The third-order valence-electron chi connectivity index (χ3n) is 3.22. The standard InChI is InChI=1S/C14H17NO4/c1-9-3-4-10(2)12(5-9)15-7-11(6-13(16)17)8-19-14(15)18/h3-5,11H,6-8H2,1-2H3,(H,16,17). The maximum atomic E-state index is 11.8. The molecule has 1 heterocycles. The zero-order valence-corrected chi connectivity index (χ0v) is 11.0. The third kappa shape index (κ3) is 3.05. The molecule has 1 aliphatic rings. The summed E-state index contributed by atoms with van der Waals surface area (Å²) >= 11 is 0. The van der Waals surface area contributed by atoms with Crippen LogP contribution in [0.15, 0.2) is 18.2 Å². The molecular weight excluding hydrogens is 246 g/mol. The van der Waals surface area contributed by atoms with Crippen LogP contribution in [-0.4, -0.2) is 30.3 Å². The largest absolute Gasteiger partial charge is 0.481 e. The number of carboxylic acid groups (broad SMARTS) is 1. The van der Waals surface area contributed by atoms with Gasteiger partial charge in [-0.05, 0) is 31.0 Å². The van der Waals surface area contributed by atoms with E-state index in [0.717, 1.165) is 16.8 Å². The Hall–Kier alpha value is -2.04. The molecule has 1 aromatic carbocycles. The van der Waals surface area contributed by atoms with Crippen LogP contribution in [-0.2, 0) is 9.53 Å². The van der Waals surface area contributed by atoms with E-state index in [0.29, 0.717) is 6.54 Å². The Morgan fingerprint density at radius 1 is 1.47 bits per heavy atom. The molecule has 0 bridgehead atoms. The second-order valence-corrected chi connectivity index (χ2v) is 4.94. The number of carboxylic acids is 1. The van der Waals surface area contributed by atoms with Crippen molar-refractivity contribution in [2.45, 2.75) is 20.3 Å². The van der Waals surface area contributed by atoms with Crippen LogP contribution < -0.4 is 4.90 Å². The van der Waals surface area contributed by atoms with Crippen molar-refractivity contribution in [1.82, 2.24) is 0 Å². The van der Waals surface area contributed by atoms with Crippen LogP contribution in [0.4, 0.5) is 10.5 Å². The third-order valence-corrected chi connectivity index (χ3v) is 3.22. The fourth-order valence-electron chi connectivity index (χ4n) is 2.23. The van der Waals surface area contributed by atoms with Crippen molar-refractivity contribution in [1.29, 1.82) is 0 Å². The number of amides is 1. The van der Waals surface area contributed by atoms with E-state index in [1.807, 2.05) is 32.0 Å². The molecule has 5 nitrogen and oxygen atoms in total. The van der Waals surface area contributed by atoms with Gasteiger partial charge >= 0.3 is 12.1 Å². The lowest BCUT2D eigenvalue weighted by molar-refractivity contribution is -0.138. The molecular formula is C14H17NO4. The first kappa shape index (κ1) is 13.4. The zero-order valence-electron chi connectivity index (χ0n) is 11.0. The lowest BCUT2D eigenvalue weighted by Gasteiger charge is -2.32. The van der Waals surface area contributed by atoms with Gasteiger partial charge in [-0.3, -0.25) is 9.69 Å². The minimum Gasteiger partial charge on any atom is -0.481 e. The van der Waals surface area contributed by atoms with Crippen molar-refractivity contribution in [3.63, 3.8) is 0 Å². The van der Waals surface area contributed by atoms with E-state index in [9.17, 15) is 9.59 Å². The van der Waals surface area contributed by atoms with Crippen molar-refractivity contribution in [3.8, 4) is 0 Å². The van der Waals surface area contributed by atoms with E-state index in [1.165, 1.54) is 4.90 Å². The normalized spacial score (nSPS) is 19.2. The smallest absolute Gasteiger partial charge is 0.414 e. The fourth-order valence-corrected chi connectivity index (χ4v) is 2.23. The van der Waals surface area contributed by atoms with Gasteiger partial charge in [0.25, 0.3) is 0 Å². The Morgan fingerprint density at radius 2 is 2.21 bits per heavy atom. The number of benzene rings is 1. The minimum absolute atomic E-state index is 0.00857. The van der Waals surface area contributed by atoms with Gasteiger partial charge in [-0.25, -0.2) is 4.79 Å². The number of carbonyl (C=O) groups is 2. The number of aryl methyl sites for hydroxylation is 2. The summed E-state index contributed by atoms with van der Waals surface area (Å²) < 4.78 is 5.08. The van der Waals surface area contributed by atoms with E-state index in [4.69, 9.17) is 9.84 Å². The van der Waals surface area contributed by atoms with Crippen molar-refractivity contribution in [2.75, 3.05) is 18.1 Å². The number of carbonyl (C=O) groups excluding carboxylic acids is 1. The van der Waals surface area contributed by atoms with Crippen LogP contribution in [0, 0.1) is 19.8 Å². The summed E-state index contributed by atoms with van der Waals surface area (Å²) in [7, 11) is 0. The van der Waals surface area contributed by atoms with Crippen LogP contribution >= 0.6 is 0 Å². The molecule has 102 valence electrons. The lowest BCUT2D eigenvalue weighted by atomic mass is 10.0. The van der Waals surface area contributed by atoms with Gasteiger partial charge in [0.15, 0.2) is 0 Å². The maximum absolute atomic E-state index is 11.8. The molecule has 19 heavy (non-hydrogen) atoms. The summed E-state index contributed by atoms with van der Waals surface area (Å²) in [5.74, 6) is -1.04. The number of rotatable bonds is 3. The molecule has 1 unspecified atom stereocenters. The number of aliphatic carboxylic acids is 1. The van der Waals surface area contributed by atoms with Gasteiger partial charge in [-0.1, -0.05) is 12.1 Å². The van der Waals surface area contributed by atoms with Crippen LogP contribution in [0.3, 0.4) is 0 Å². The SMILES string of the molecule is Cc1ccc(C)c(N2CC(CC(=O)O)COC2=O)c1. The molecule has 0 spiro atoms. The Kier molecular flexibility index (Phi) is 3.74. The summed E-state index contributed by atoms with van der Waals surface area (Å²) in [6.07, 6.45) is -0.399. The summed E-state index contributed by atoms with van der Waals surface area (Å²) in [5.41, 5.74) is 2.81. The number of anilines is 1. The number of cyclic esters (lactones) is 1. The second-order valence-electron chi connectivity index (χ2n) is 4.94. The number of ether oxygens (including phenoxy) is 1. The summed E-state index contributed by atoms with van der Waals surface area (Å²) in [6, 6.07) is 5.83. The van der Waals surface area contributed by atoms with Crippen LogP contribution in [0.2, 0.25) is 0 Å². The highest BCUT2D eigenvalue weighted by Crippen LogP contribution is 2.26. The molecule has 1 fully saturated rings. The zero-order chi connectivity index (χ0) is 14.0. The van der Waals surface area contributed by atoms with Crippen molar-refractivity contribution < 1.29 is 19.4 Å². The summed E-state index contributed by atoms with van der Waals surface area (Å²) in [6.45, 7) is 4.43. The first-order valence-electron chi connectivity index (χ1n) is 6.20. The molecule has 5 heteroatoms. The Bertz CT molecular complexity index is 512. The van der Waals surface area contributed by atoms with E-state index in [1.54, 1.807) is 0 Å². The molecule has 0 aliphatic carbocycles. The predicted octanol–water partition coefficient (Wildman–Crippen LogP) is 2.35. The molecule has 0 radical (unpaired) electrons. The molecule has 1 amide bonds. The first-order chi connectivity index (χ1) is 8.97. The summed E-state index contributed by atoms with van der Waals surface area (Å²) in [4.78, 5) is 24.1. The van der Waals surface area contributed by atoms with E-state index in [-0.39, 0.29) is 18.9 Å². The lowest BCUT2D eigenvalue weighted by Crippen LogP contribution is -2.44. The van der Waals surface area contributed by atoms with Crippen molar-refractivity contribution in [2.24, 2.45) is 5.92 Å². The molecule has 0 aromatic heterocycles. The number of hydrogen-bond donors (Lipinski definition) is 1. The second kappa shape index (κ2) is 5.30. The first-order valence-corrected chi connectivity index (χ1v) is 6.20. The Balaban J connectivity index is 2.23. The van der Waals surface area contributed by atoms with Gasteiger partial charge in [0.1, 0.15) is 0 Å². The highest BCUT2D eigenvalue weighted by atomic mass is 16.6. The van der Waals surface area contributed by atoms with E-state index in [2.05, 4.69) is 0 Å². The number of nitrogens with zero attached hydrogens (tertiary/aromatic N) is 1. The maximum Gasteiger partial charge on any atom is 0.414 e. The average molecular weight is 263 g/mol. The van der Waals surface area contributed by atoms with Gasteiger partial charge in [-0.15, -0.1) is 0 Å². The van der Waals surface area contributed by atoms with E-state index >= 15 is 0 Å². The molecule has 1 atom stereocenters. The van der Waals surface area contributed by atoms with Crippen molar-refractivity contribution >= 4 is 17.7 Å². The van der Waals surface area contributed by atoms with Gasteiger partial charge < -0.3 is 9.84 Å². The Morgan fingerprint density at radius 3 is 2.89 bits per heavy atom. The van der Waals surface area contributed by atoms with Crippen LogP contribution in [0.5, 0.6) is 0 Å². The number of hydrogen-bond acceptors (Lipinski definition) is 3. The topological polar surface area (TPSA) is 66.8 Å². The monoisotopic (exact) mass is 263 g/mol. The molecule has 0 saturated carbocycles. The van der Waals surface area contributed by atoms with E-state index < -0.39 is 12.1 Å². The summed E-state index contributed by atoms with van der Waals surface area (Å²) in [5, 5.41) is 8.83. The predicted molar refractivity (Wildman–Crippen MR) is 70.4 cm³/mol. The van der Waals surface area contributed by atoms with Gasteiger partial charge in [0.2, 0.25) is 0 Å². The van der Waals surface area contributed by atoms with Gasteiger partial charge in [-0.2, -0.15) is 0 Å². The molecule has 1 aromatic rings. The molecule has 1 saturated heterocycles. The average Bonchev–Trinajstić information content (AvgIpc) is 2.34.